The van der Waals surface area contributed by atoms with Crippen LogP contribution in [-0.2, 0) is 0 Å². The summed E-state index contributed by atoms with van der Waals surface area (Å²) in [5.74, 6) is 0.186. The molecule has 20 heavy (non-hydrogen) atoms. The van der Waals surface area contributed by atoms with Crippen molar-refractivity contribution in [3.63, 3.8) is 0 Å². The normalized spacial score (nSPS) is 22.1. The summed E-state index contributed by atoms with van der Waals surface area (Å²) in [6.07, 6.45) is 5.03. The fourth-order valence-corrected chi connectivity index (χ4v) is 2.60. The van der Waals surface area contributed by atoms with Gasteiger partial charge in [0.15, 0.2) is 0 Å². The first-order chi connectivity index (χ1) is 9.58. The maximum Gasteiger partial charge on any atom is 0.317 e. The summed E-state index contributed by atoms with van der Waals surface area (Å²) in [6.45, 7) is 5.15. The fourth-order valence-electron chi connectivity index (χ4n) is 2.60. The minimum absolute atomic E-state index is 0.0440. The van der Waals surface area contributed by atoms with Crippen molar-refractivity contribution >= 4 is 6.03 Å². The first-order valence-corrected chi connectivity index (χ1v) is 7.21. The number of amides is 2. The second-order valence-electron chi connectivity index (χ2n) is 5.54. The second-order valence-corrected chi connectivity index (χ2v) is 5.54. The molecule has 0 saturated carbocycles. The van der Waals surface area contributed by atoms with Crippen LogP contribution in [0, 0.1) is 5.92 Å². The molecular formula is C15H23N3O2. The molecule has 110 valence electrons. The Labute approximate surface area is 120 Å². The molecule has 5 nitrogen and oxygen atoms in total. The zero-order chi connectivity index (χ0) is 14.5. The van der Waals surface area contributed by atoms with Crippen molar-refractivity contribution in [2.24, 2.45) is 5.92 Å². The summed E-state index contributed by atoms with van der Waals surface area (Å²) in [5, 5.41) is 12.7. The molecular weight excluding hydrogens is 254 g/mol. The summed E-state index contributed by atoms with van der Waals surface area (Å²) in [4.78, 5) is 18.0. The highest BCUT2D eigenvalue weighted by Crippen LogP contribution is 2.20. The standard InChI is InChI=1S/C15H23N3O2/c1-11(13-5-7-16-8-6-13)17-15(20)18-9-3-4-14(10-18)12(2)19/h5-8,11-12,14,19H,3-4,9-10H2,1-2H3,(H,17,20). The van der Waals surface area contributed by atoms with Crippen molar-refractivity contribution in [2.45, 2.75) is 38.8 Å². The summed E-state index contributed by atoms with van der Waals surface area (Å²) >= 11 is 0. The number of aliphatic hydroxyl groups is 1. The minimum atomic E-state index is -0.358. The van der Waals surface area contributed by atoms with E-state index in [4.69, 9.17) is 0 Å². The van der Waals surface area contributed by atoms with E-state index in [0.29, 0.717) is 6.54 Å². The van der Waals surface area contributed by atoms with Gasteiger partial charge in [0.05, 0.1) is 12.1 Å². The number of nitrogens with one attached hydrogen (secondary N) is 1. The van der Waals surface area contributed by atoms with Crippen molar-refractivity contribution in [3.05, 3.63) is 30.1 Å². The van der Waals surface area contributed by atoms with Gasteiger partial charge in [-0.2, -0.15) is 0 Å². The van der Waals surface area contributed by atoms with Crippen LogP contribution in [0.4, 0.5) is 4.79 Å². The predicted molar refractivity (Wildman–Crippen MR) is 77.2 cm³/mol. The van der Waals surface area contributed by atoms with Gasteiger partial charge in [0.1, 0.15) is 0 Å². The Morgan fingerprint density at radius 3 is 2.80 bits per heavy atom. The van der Waals surface area contributed by atoms with Gasteiger partial charge in [0.25, 0.3) is 0 Å². The molecule has 1 aliphatic rings. The number of carbonyl (C=O) groups excluding carboxylic acids is 1. The molecule has 3 atom stereocenters. The molecule has 0 spiro atoms. The lowest BCUT2D eigenvalue weighted by Gasteiger charge is -2.34. The minimum Gasteiger partial charge on any atom is -0.393 e. The molecule has 1 aromatic heterocycles. The van der Waals surface area contributed by atoms with E-state index in [1.165, 1.54) is 0 Å². The molecule has 3 unspecified atom stereocenters. The Bertz CT molecular complexity index is 436. The van der Waals surface area contributed by atoms with Crippen LogP contribution in [-0.4, -0.2) is 40.2 Å². The lowest BCUT2D eigenvalue weighted by Crippen LogP contribution is -2.47. The van der Waals surface area contributed by atoms with Gasteiger partial charge in [-0.25, -0.2) is 4.79 Å². The van der Waals surface area contributed by atoms with E-state index in [2.05, 4.69) is 10.3 Å². The van der Waals surface area contributed by atoms with Gasteiger partial charge in [0.2, 0.25) is 0 Å². The maximum atomic E-state index is 12.3. The molecule has 2 amide bonds. The molecule has 2 N–H and O–H groups in total. The number of urea groups is 1. The Kier molecular flexibility index (Phi) is 4.95. The monoisotopic (exact) mass is 277 g/mol. The van der Waals surface area contributed by atoms with E-state index in [-0.39, 0.29) is 24.1 Å². The SMILES string of the molecule is CC(NC(=O)N1CCCC(C(C)O)C1)c1ccncc1. The summed E-state index contributed by atoms with van der Waals surface area (Å²) in [5.41, 5.74) is 1.04. The number of piperidine rings is 1. The maximum absolute atomic E-state index is 12.3. The van der Waals surface area contributed by atoms with E-state index in [9.17, 15) is 9.90 Å². The lowest BCUT2D eigenvalue weighted by atomic mass is 9.94. The van der Waals surface area contributed by atoms with Gasteiger partial charge < -0.3 is 15.3 Å². The van der Waals surface area contributed by atoms with E-state index in [0.717, 1.165) is 24.9 Å². The van der Waals surface area contributed by atoms with Crippen molar-refractivity contribution in [1.82, 2.24) is 15.2 Å². The Balaban J connectivity index is 1.91. The molecule has 0 aromatic carbocycles. The third-order valence-corrected chi connectivity index (χ3v) is 3.97. The van der Waals surface area contributed by atoms with Crippen LogP contribution in [0.1, 0.15) is 38.3 Å². The number of aromatic nitrogens is 1. The Morgan fingerprint density at radius 1 is 1.45 bits per heavy atom. The van der Waals surface area contributed by atoms with Gasteiger partial charge >= 0.3 is 6.03 Å². The van der Waals surface area contributed by atoms with Gasteiger partial charge in [0, 0.05) is 31.4 Å². The van der Waals surface area contributed by atoms with Crippen LogP contribution in [0.3, 0.4) is 0 Å². The van der Waals surface area contributed by atoms with E-state index in [1.54, 1.807) is 24.2 Å². The summed E-state index contributed by atoms with van der Waals surface area (Å²) < 4.78 is 0. The van der Waals surface area contributed by atoms with Crippen LogP contribution in [0.5, 0.6) is 0 Å². The van der Waals surface area contributed by atoms with Crippen LogP contribution >= 0.6 is 0 Å². The van der Waals surface area contributed by atoms with Gasteiger partial charge in [-0.15, -0.1) is 0 Å². The molecule has 2 heterocycles. The predicted octanol–water partition coefficient (Wildman–Crippen LogP) is 1.95. The zero-order valence-corrected chi connectivity index (χ0v) is 12.1. The van der Waals surface area contributed by atoms with E-state index < -0.39 is 0 Å². The first-order valence-electron chi connectivity index (χ1n) is 7.21. The van der Waals surface area contributed by atoms with E-state index in [1.807, 2.05) is 19.1 Å². The second kappa shape index (κ2) is 6.70. The zero-order valence-electron chi connectivity index (χ0n) is 12.1. The van der Waals surface area contributed by atoms with Gasteiger partial charge in [-0.05, 0) is 44.4 Å². The molecule has 1 aliphatic heterocycles. The van der Waals surface area contributed by atoms with Gasteiger partial charge in [-0.3, -0.25) is 4.98 Å². The van der Waals surface area contributed by atoms with E-state index >= 15 is 0 Å². The molecule has 0 bridgehead atoms. The molecule has 1 aromatic rings. The number of carbonyl (C=O) groups is 1. The number of nitrogens with zero attached hydrogens (tertiary/aromatic N) is 2. The van der Waals surface area contributed by atoms with Gasteiger partial charge in [-0.1, -0.05) is 0 Å². The molecule has 2 rings (SSSR count). The number of pyridine rings is 1. The topological polar surface area (TPSA) is 65.5 Å². The largest absolute Gasteiger partial charge is 0.393 e. The Morgan fingerprint density at radius 2 is 2.15 bits per heavy atom. The Hall–Kier alpha value is -1.62. The molecule has 0 aliphatic carbocycles. The summed E-state index contributed by atoms with van der Waals surface area (Å²) in [6, 6.07) is 3.71. The van der Waals surface area contributed by atoms with Crippen molar-refractivity contribution in [2.75, 3.05) is 13.1 Å². The van der Waals surface area contributed by atoms with Crippen molar-refractivity contribution in [1.29, 1.82) is 0 Å². The molecule has 1 fully saturated rings. The highest BCUT2D eigenvalue weighted by Gasteiger charge is 2.27. The van der Waals surface area contributed by atoms with Crippen molar-refractivity contribution in [3.8, 4) is 0 Å². The number of aliphatic hydroxyl groups excluding tert-OH is 1. The summed E-state index contributed by atoms with van der Waals surface area (Å²) in [7, 11) is 0. The lowest BCUT2D eigenvalue weighted by molar-refractivity contribution is 0.0734. The van der Waals surface area contributed by atoms with Crippen LogP contribution in [0.25, 0.3) is 0 Å². The third-order valence-electron chi connectivity index (χ3n) is 3.97. The highest BCUT2D eigenvalue weighted by molar-refractivity contribution is 5.74. The average molecular weight is 277 g/mol. The highest BCUT2D eigenvalue weighted by atomic mass is 16.3. The smallest absolute Gasteiger partial charge is 0.317 e. The molecule has 0 radical (unpaired) electrons. The molecule has 5 heteroatoms. The third kappa shape index (κ3) is 3.70. The molecule has 1 saturated heterocycles. The quantitative estimate of drug-likeness (QED) is 0.887. The van der Waals surface area contributed by atoms with Crippen LogP contribution in [0.2, 0.25) is 0 Å². The van der Waals surface area contributed by atoms with Crippen LogP contribution < -0.4 is 5.32 Å². The number of hydrogen-bond donors (Lipinski definition) is 2. The average Bonchev–Trinajstić information content (AvgIpc) is 2.48. The number of likely N-dealkylation sites (tertiary alicyclic amines) is 1. The number of hydrogen-bond acceptors (Lipinski definition) is 3. The number of rotatable bonds is 3. The fraction of sp³-hybridized carbons (Fsp3) is 0.600. The van der Waals surface area contributed by atoms with Crippen LogP contribution in [0.15, 0.2) is 24.5 Å². The van der Waals surface area contributed by atoms with Crippen molar-refractivity contribution < 1.29 is 9.90 Å². The first kappa shape index (κ1) is 14.8.